The zero-order valence-corrected chi connectivity index (χ0v) is 15.0. The Kier molecular flexibility index (Phi) is 5.92. The molecule has 1 unspecified atom stereocenters. The van der Waals surface area contributed by atoms with E-state index < -0.39 is 0 Å². The van der Waals surface area contributed by atoms with Crippen molar-refractivity contribution >= 4 is 11.9 Å². The summed E-state index contributed by atoms with van der Waals surface area (Å²) in [5.74, 6) is 2.34. The summed E-state index contributed by atoms with van der Waals surface area (Å²) in [6.07, 6.45) is 0. The van der Waals surface area contributed by atoms with Gasteiger partial charge in [-0.05, 0) is 38.6 Å². The molecular weight excluding hydrogens is 304 g/mol. The van der Waals surface area contributed by atoms with Gasteiger partial charge < -0.3 is 15.4 Å². The fourth-order valence-corrected chi connectivity index (χ4v) is 2.19. The fraction of sp³-hybridized carbons (Fsp3) is 0.471. The van der Waals surface area contributed by atoms with Gasteiger partial charge in [0.1, 0.15) is 12.4 Å². The second-order valence-corrected chi connectivity index (χ2v) is 6.07. The molecule has 130 valence electrons. The second-order valence-electron chi connectivity index (χ2n) is 6.07. The van der Waals surface area contributed by atoms with Crippen LogP contribution in [0.2, 0.25) is 0 Å². The number of likely N-dealkylation sites (N-methyl/N-ethyl adjacent to an activating group) is 1. The average Bonchev–Trinajstić information content (AvgIpc) is 2.53. The van der Waals surface area contributed by atoms with E-state index in [2.05, 4.69) is 32.8 Å². The summed E-state index contributed by atoms with van der Waals surface area (Å²) in [7, 11) is 5.77. The zero-order valence-electron chi connectivity index (χ0n) is 15.0. The molecule has 1 heterocycles. The number of ether oxygens (including phenoxy) is 1. The highest BCUT2D eigenvalue weighted by molar-refractivity contribution is 5.33. The van der Waals surface area contributed by atoms with Crippen LogP contribution >= 0.6 is 0 Å². The maximum absolute atomic E-state index is 5.80. The van der Waals surface area contributed by atoms with Crippen molar-refractivity contribution in [3.8, 4) is 5.75 Å². The van der Waals surface area contributed by atoms with Crippen molar-refractivity contribution < 1.29 is 4.74 Å². The molecule has 0 saturated heterocycles. The van der Waals surface area contributed by atoms with Gasteiger partial charge in [-0.25, -0.2) is 0 Å². The van der Waals surface area contributed by atoms with Gasteiger partial charge in [0.2, 0.25) is 11.9 Å². The quantitative estimate of drug-likeness (QED) is 0.830. The standard InChI is InChI=1S/C17H26N6O/c1-12-7-6-8-14(11-12)24-10-9-23(5)13(2)15-19-16(18)21-17(20-15)22(3)4/h6-8,11,13H,9-10H2,1-5H3,(H2,18,19,20,21). The van der Waals surface area contributed by atoms with Gasteiger partial charge >= 0.3 is 0 Å². The van der Waals surface area contributed by atoms with E-state index in [1.165, 1.54) is 5.56 Å². The number of aromatic nitrogens is 3. The molecule has 24 heavy (non-hydrogen) atoms. The largest absolute Gasteiger partial charge is 0.492 e. The highest BCUT2D eigenvalue weighted by Gasteiger charge is 2.17. The highest BCUT2D eigenvalue weighted by Crippen LogP contribution is 2.18. The number of nitrogens with two attached hydrogens (primary N) is 1. The molecule has 0 spiro atoms. The molecule has 0 bridgehead atoms. The Balaban J connectivity index is 1.95. The molecule has 0 aliphatic rings. The van der Waals surface area contributed by atoms with Crippen LogP contribution in [0, 0.1) is 6.92 Å². The van der Waals surface area contributed by atoms with Crippen molar-refractivity contribution in [2.75, 3.05) is 44.9 Å². The molecule has 0 radical (unpaired) electrons. The Morgan fingerprint density at radius 3 is 2.58 bits per heavy atom. The normalized spacial score (nSPS) is 12.2. The SMILES string of the molecule is Cc1cccc(OCCN(C)C(C)c2nc(N)nc(N(C)C)n2)c1. The number of nitrogens with zero attached hydrogens (tertiary/aromatic N) is 5. The number of nitrogen functional groups attached to an aromatic ring is 1. The van der Waals surface area contributed by atoms with E-state index in [0.29, 0.717) is 18.4 Å². The Morgan fingerprint density at radius 2 is 1.92 bits per heavy atom. The van der Waals surface area contributed by atoms with Crippen LogP contribution in [0.25, 0.3) is 0 Å². The minimum absolute atomic E-state index is 0.00936. The first-order valence-electron chi connectivity index (χ1n) is 7.95. The summed E-state index contributed by atoms with van der Waals surface area (Å²) < 4.78 is 5.80. The number of anilines is 2. The summed E-state index contributed by atoms with van der Waals surface area (Å²) in [5.41, 5.74) is 6.98. The van der Waals surface area contributed by atoms with Gasteiger partial charge in [0.15, 0.2) is 5.82 Å². The molecule has 1 aromatic carbocycles. The minimum atomic E-state index is 0.00936. The first kappa shape index (κ1) is 17.9. The van der Waals surface area contributed by atoms with Gasteiger partial charge in [-0.15, -0.1) is 0 Å². The number of rotatable bonds is 7. The first-order valence-corrected chi connectivity index (χ1v) is 7.95. The second kappa shape index (κ2) is 7.92. The topological polar surface area (TPSA) is 80.4 Å². The summed E-state index contributed by atoms with van der Waals surface area (Å²) >= 11 is 0. The smallest absolute Gasteiger partial charge is 0.229 e. The Labute approximate surface area is 143 Å². The van der Waals surface area contributed by atoms with Crippen LogP contribution in [-0.4, -0.2) is 54.1 Å². The molecule has 7 heteroatoms. The van der Waals surface area contributed by atoms with E-state index in [4.69, 9.17) is 10.5 Å². The van der Waals surface area contributed by atoms with Crippen LogP contribution in [0.5, 0.6) is 5.75 Å². The van der Waals surface area contributed by atoms with Gasteiger partial charge in [0.25, 0.3) is 0 Å². The van der Waals surface area contributed by atoms with E-state index in [0.717, 1.165) is 12.3 Å². The van der Waals surface area contributed by atoms with Gasteiger partial charge in [-0.1, -0.05) is 12.1 Å². The lowest BCUT2D eigenvalue weighted by atomic mass is 10.2. The van der Waals surface area contributed by atoms with E-state index >= 15 is 0 Å². The average molecular weight is 330 g/mol. The van der Waals surface area contributed by atoms with Crippen LogP contribution in [0.1, 0.15) is 24.4 Å². The maximum Gasteiger partial charge on any atom is 0.229 e. The zero-order chi connectivity index (χ0) is 17.7. The minimum Gasteiger partial charge on any atom is -0.492 e. The van der Waals surface area contributed by atoms with Crippen LogP contribution < -0.4 is 15.4 Å². The third-order valence-electron chi connectivity index (χ3n) is 3.80. The number of hydrogen-bond acceptors (Lipinski definition) is 7. The fourth-order valence-electron chi connectivity index (χ4n) is 2.19. The number of hydrogen-bond donors (Lipinski definition) is 1. The van der Waals surface area contributed by atoms with Crippen LogP contribution in [0.15, 0.2) is 24.3 Å². The molecule has 2 rings (SSSR count). The molecule has 2 aromatic rings. The number of benzene rings is 1. The van der Waals surface area contributed by atoms with E-state index in [-0.39, 0.29) is 12.0 Å². The summed E-state index contributed by atoms with van der Waals surface area (Å²) in [6, 6.07) is 8.04. The van der Waals surface area contributed by atoms with Crippen molar-refractivity contribution in [3.05, 3.63) is 35.7 Å². The van der Waals surface area contributed by atoms with Crippen molar-refractivity contribution in [1.82, 2.24) is 19.9 Å². The summed E-state index contributed by atoms with van der Waals surface area (Å²) in [4.78, 5) is 16.8. The number of aryl methyl sites for hydroxylation is 1. The summed E-state index contributed by atoms with van der Waals surface area (Å²) in [5, 5.41) is 0. The molecule has 1 aromatic heterocycles. The Hall–Kier alpha value is -2.41. The van der Waals surface area contributed by atoms with E-state index in [9.17, 15) is 0 Å². The molecule has 1 atom stereocenters. The van der Waals surface area contributed by atoms with Gasteiger partial charge in [0.05, 0.1) is 6.04 Å². The predicted molar refractivity (Wildman–Crippen MR) is 96.3 cm³/mol. The Morgan fingerprint density at radius 1 is 1.17 bits per heavy atom. The lowest BCUT2D eigenvalue weighted by Gasteiger charge is -2.24. The van der Waals surface area contributed by atoms with Crippen LogP contribution in [0.3, 0.4) is 0 Å². The lowest BCUT2D eigenvalue weighted by Crippen LogP contribution is -2.29. The molecular formula is C17H26N6O. The van der Waals surface area contributed by atoms with Crippen LogP contribution in [0.4, 0.5) is 11.9 Å². The van der Waals surface area contributed by atoms with Crippen molar-refractivity contribution in [3.63, 3.8) is 0 Å². The van der Waals surface area contributed by atoms with Crippen molar-refractivity contribution in [1.29, 1.82) is 0 Å². The third-order valence-corrected chi connectivity index (χ3v) is 3.80. The molecule has 0 amide bonds. The van der Waals surface area contributed by atoms with Crippen molar-refractivity contribution in [2.24, 2.45) is 0 Å². The molecule has 2 N–H and O–H groups in total. The molecule has 0 aliphatic heterocycles. The monoisotopic (exact) mass is 330 g/mol. The van der Waals surface area contributed by atoms with E-state index in [1.54, 1.807) is 0 Å². The summed E-state index contributed by atoms with van der Waals surface area (Å²) in [6.45, 7) is 5.43. The third kappa shape index (κ3) is 4.79. The molecule has 0 fully saturated rings. The van der Waals surface area contributed by atoms with E-state index in [1.807, 2.05) is 51.2 Å². The van der Waals surface area contributed by atoms with Gasteiger partial charge in [-0.3, -0.25) is 4.90 Å². The maximum atomic E-state index is 5.80. The predicted octanol–water partition coefficient (Wildman–Crippen LogP) is 1.90. The Bertz CT molecular complexity index is 676. The van der Waals surface area contributed by atoms with Gasteiger partial charge in [-0.2, -0.15) is 15.0 Å². The first-order chi connectivity index (χ1) is 11.4. The molecule has 0 aliphatic carbocycles. The van der Waals surface area contributed by atoms with Gasteiger partial charge in [0, 0.05) is 20.6 Å². The highest BCUT2D eigenvalue weighted by atomic mass is 16.5. The lowest BCUT2D eigenvalue weighted by molar-refractivity contribution is 0.196. The molecule has 7 nitrogen and oxygen atoms in total. The molecule has 0 saturated carbocycles. The van der Waals surface area contributed by atoms with Crippen LogP contribution in [-0.2, 0) is 0 Å². The van der Waals surface area contributed by atoms with Crippen molar-refractivity contribution in [2.45, 2.75) is 19.9 Å².